The van der Waals surface area contributed by atoms with Crippen molar-refractivity contribution in [3.8, 4) is 0 Å². The highest BCUT2D eigenvalue weighted by molar-refractivity contribution is 5.76. The Morgan fingerprint density at radius 2 is 2.28 bits per heavy atom. The standard InChI is InChI=1S/C13H20N4O/c1-9-16-12-5-10(3-4-13(12)17(9)2)6-15-7-11(14)8-18/h3-5,11,15,18H,6-8,14H2,1-2H3. The molecule has 5 nitrogen and oxygen atoms in total. The molecule has 0 aliphatic rings. The molecule has 0 saturated carbocycles. The summed E-state index contributed by atoms with van der Waals surface area (Å²) in [6.07, 6.45) is 0. The van der Waals surface area contributed by atoms with Gasteiger partial charge in [0.2, 0.25) is 0 Å². The Bertz CT molecular complexity index is 535. The van der Waals surface area contributed by atoms with E-state index in [4.69, 9.17) is 10.8 Å². The average molecular weight is 248 g/mol. The van der Waals surface area contributed by atoms with Gasteiger partial charge in [0.05, 0.1) is 17.6 Å². The van der Waals surface area contributed by atoms with Crippen molar-refractivity contribution in [2.24, 2.45) is 12.8 Å². The average Bonchev–Trinajstić information content (AvgIpc) is 2.64. The topological polar surface area (TPSA) is 76.1 Å². The van der Waals surface area contributed by atoms with Crippen LogP contribution in [0.4, 0.5) is 0 Å². The normalized spacial score (nSPS) is 13.1. The molecule has 0 fully saturated rings. The third kappa shape index (κ3) is 2.69. The Balaban J connectivity index is 2.06. The van der Waals surface area contributed by atoms with Gasteiger partial charge in [-0.25, -0.2) is 4.98 Å². The van der Waals surface area contributed by atoms with Crippen LogP contribution in [-0.4, -0.2) is 33.9 Å². The van der Waals surface area contributed by atoms with Crippen molar-refractivity contribution in [3.05, 3.63) is 29.6 Å². The first-order chi connectivity index (χ1) is 8.61. The van der Waals surface area contributed by atoms with Crippen molar-refractivity contribution in [2.45, 2.75) is 19.5 Å². The van der Waals surface area contributed by atoms with Crippen LogP contribution in [0.15, 0.2) is 18.2 Å². The first-order valence-corrected chi connectivity index (χ1v) is 6.11. The highest BCUT2D eigenvalue weighted by Gasteiger charge is 2.05. The van der Waals surface area contributed by atoms with E-state index in [9.17, 15) is 0 Å². The summed E-state index contributed by atoms with van der Waals surface area (Å²) >= 11 is 0. The SMILES string of the molecule is Cc1nc2cc(CNCC(N)CO)ccc2n1C. The molecule has 98 valence electrons. The van der Waals surface area contributed by atoms with Gasteiger partial charge in [-0.05, 0) is 24.6 Å². The first-order valence-electron chi connectivity index (χ1n) is 6.11. The molecular weight excluding hydrogens is 228 g/mol. The second-order valence-corrected chi connectivity index (χ2v) is 4.61. The van der Waals surface area contributed by atoms with Gasteiger partial charge in [0, 0.05) is 26.2 Å². The van der Waals surface area contributed by atoms with Gasteiger partial charge < -0.3 is 20.7 Å². The minimum absolute atomic E-state index is 0.00543. The van der Waals surface area contributed by atoms with Crippen LogP contribution in [0.3, 0.4) is 0 Å². The van der Waals surface area contributed by atoms with Gasteiger partial charge in [-0.15, -0.1) is 0 Å². The van der Waals surface area contributed by atoms with Crippen LogP contribution in [-0.2, 0) is 13.6 Å². The zero-order valence-corrected chi connectivity index (χ0v) is 10.8. The summed E-state index contributed by atoms with van der Waals surface area (Å²) in [6.45, 7) is 3.35. The number of benzene rings is 1. The van der Waals surface area contributed by atoms with Gasteiger partial charge in [0.1, 0.15) is 5.82 Å². The molecule has 1 aromatic carbocycles. The maximum absolute atomic E-state index is 8.83. The second kappa shape index (κ2) is 5.48. The first kappa shape index (κ1) is 13.0. The fraction of sp³-hybridized carbons (Fsp3) is 0.462. The number of nitrogens with two attached hydrogens (primary N) is 1. The summed E-state index contributed by atoms with van der Waals surface area (Å²) < 4.78 is 2.08. The molecule has 2 rings (SSSR count). The number of fused-ring (bicyclic) bond motifs is 1. The van der Waals surface area contributed by atoms with E-state index in [0.717, 1.165) is 23.4 Å². The van der Waals surface area contributed by atoms with E-state index < -0.39 is 0 Å². The zero-order chi connectivity index (χ0) is 13.1. The van der Waals surface area contributed by atoms with Gasteiger partial charge >= 0.3 is 0 Å². The van der Waals surface area contributed by atoms with E-state index in [-0.39, 0.29) is 12.6 Å². The van der Waals surface area contributed by atoms with E-state index in [1.165, 1.54) is 5.56 Å². The molecular formula is C13H20N4O. The molecule has 1 unspecified atom stereocenters. The molecule has 2 aromatic rings. The van der Waals surface area contributed by atoms with Crippen molar-refractivity contribution >= 4 is 11.0 Å². The fourth-order valence-corrected chi connectivity index (χ4v) is 1.94. The van der Waals surface area contributed by atoms with Crippen LogP contribution in [0.2, 0.25) is 0 Å². The molecule has 1 aromatic heterocycles. The summed E-state index contributed by atoms with van der Waals surface area (Å²) in [5.41, 5.74) is 8.95. The third-order valence-corrected chi connectivity index (χ3v) is 3.14. The Kier molecular flexibility index (Phi) is 3.96. The highest BCUT2D eigenvalue weighted by atomic mass is 16.3. The number of hydrogen-bond acceptors (Lipinski definition) is 4. The minimum atomic E-state index is -0.203. The van der Waals surface area contributed by atoms with Gasteiger partial charge in [-0.3, -0.25) is 0 Å². The number of hydrogen-bond donors (Lipinski definition) is 3. The minimum Gasteiger partial charge on any atom is -0.395 e. The van der Waals surface area contributed by atoms with Crippen LogP contribution in [0.25, 0.3) is 11.0 Å². The summed E-state index contributed by atoms with van der Waals surface area (Å²) in [6, 6.07) is 6.05. The predicted molar refractivity (Wildman–Crippen MR) is 72.2 cm³/mol. The largest absolute Gasteiger partial charge is 0.395 e. The summed E-state index contributed by atoms with van der Waals surface area (Å²) in [7, 11) is 2.02. The lowest BCUT2D eigenvalue weighted by Gasteiger charge is -2.09. The molecule has 0 bridgehead atoms. The molecule has 18 heavy (non-hydrogen) atoms. The second-order valence-electron chi connectivity index (χ2n) is 4.61. The van der Waals surface area contributed by atoms with Crippen LogP contribution in [0, 0.1) is 6.92 Å². The van der Waals surface area contributed by atoms with Gasteiger partial charge in [0.15, 0.2) is 0 Å². The van der Waals surface area contributed by atoms with Gasteiger partial charge in [-0.2, -0.15) is 0 Å². The molecule has 0 aliphatic carbocycles. The summed E-state index contributed by atoms with van der Waals surface area (Å²) in [5, 5.41) is 12.0. The highest BCUT2D eigenvalue weighted by Crippen LogP contribution is 2.16. The number of aliphatic hydroxyl groups excluding tert-OH is 1. The lowest BCUT2D eigenvalue weighted by Crippen LogP contribution is -2.36. The number of aryl methyl sites for hydroxylation is 2. The summed E-state index contributed by atoms with van der Waals surface area (Å²) in [5.74, 6) is 1.01. The monoisotopic (exact) mass is 248 g/mol. The zero-order valence-electron chi connectivity index (χ0n) is 10.8. The number of nitrogens with one attached hydrogen (secondary N) is 1. The van der Waals surface area contributed by atoms with E-state index in [1.807, 2.05) is 14.0 Å². The van der Waals surface area contributed by atoms with E-state index in [0.29, 0.717) is 6.54 Å². The quantitative estimate of drug-likeness (QED) is 0.711. The number of nitrogens with zero attached hydrogens (tertiary/aromatic N) is 2. The molecule has 5 heteroatoms. The van der Waals surface area contributed by atoms with E-state index >= 15 is 0 Å². The van der Waals surface area contributed by atoms with E-state index in [1.54, 1.807) is 0 Å². The van der Waals surface area contributed by atoms with Crippen molar-refractivity contribution in [3.63, 3.8) is 0 Å². The smallest absolute Gasteiger partial charge is 0.106 e. The maximum atomic E-state index is 8.83. The van der Waals surface area contributed by atoms with Crippen LogP contribution in [0.1, 0.15) is 11.4 Å². The van der Waals surface area contributed by atoms with Gasteiger partial charge in [-0.1, -0.05) is 6.07 Å². The van der Waals surface area contributed by atoms with E-state index in [2.05, 4.69) is 33.1 Å². The number of rotatable bonds is 5. The lowest BCUT2D eigenvalue weighted by molar-refractivity contribution is 0.262. The maximum Gasteiger partial charge on any atom is 0.106 e. The molecule has 0 amide bonds. The molecule has 0 saturated heterocycles. The predicted octanol–water partition coefficient (Wildman–Crippen LogP) is 0.291. The Hall–Kier alpha value is -1.43. The molecule has 0 radical (unpaired) electrons. The Morgan fingerprint density at radius 1 is 1.50 bits per heavy atom. The van der Waals surface area contributed by atoms with Crippen LogP contribution < -0.4 is 11.1 Å². The van der Waals surface area contributed by atoms with Crippen LogP contribution >= 0.6 is 0 Å². The van der Waals surface area contributed by atoms with Gasteiger partial charge in [0.25, 0.3) is 0 Å². The number of aromatic nitrogens is 2. The summed E-state index contributed by atoms with van der Waals surface area (Å²) in [4.78, 5) is 4.50. The molecule has 1 heterocycles. The molecule has 0 aliphatic heterocycles. The van der Waals surface area contributed by atoms with Crippen LogP contribution in [0.5, 0.6) is 0 Å². The number of aliphatic hydroxyl groups is 1. The third-order valence-electron chi connectivity index (χ3n) is 3.14. The lowest BCUT2D eigenvalue weighted by atomic mass is 10.2. The molecule has 0 spiro atoms. The van der Waals surface area contributed by atoms with Crippen molar-refractivity contribution in [2.75, 3.05) is 13.2 Å². The Labute approximate surface area is 107 Å². The Morgan fingerprint density at radius 3 is 3.00 bits per heavy atom. The molecule has 4 N–H and O–H groups in total. The van der Waals surface area contributed by atoms with Crippen molar-refractivity contribution < 1.29 is 5.11 Å². The van der Waals surface area contributed by atoms with Crippen molar-refractivity contribution in [1.29, 1.82) is 0 Å². The number of imidazole rings is 1. The fourth-order valence-electron chi connectivity index (χ4n) is 1.94. The van der Waals surface area contributed by atoms with Crippen molar-refractivity contribution in [1.82, 2.24) is 14.9 Å². The molecule has 1 atom stereocenters.